The van der Waals surface area contributed by atoms with Crippen LogP contribution in [0.4, 0.5) is 0 Å². The highest BCUT2D eigenvalue weighted by atomic mass is 79.9. The zero-order valence-corrected chi connectivity index (χ0v) is 8.82. The molecule has 4 heteroatoms. The van der Waals surface area contributed by atoms with Gasteiger partial charge in [-0.1, -0.05) is 0 Å². The highest BCUT2D eigenvalue weighted by Gasteiger charge is 2.03. The summed E-state index contributed by atoms with van der Waals surface area (Å²) in [6, 6.07) is 4.12. The summed E-state index contributed by atoms with van der Waals surface area (Å²) in [6.45, 7) is 1.97. The molecule has 0 spiro atoms. The molecule has 2 N–H and O–H groups in total. The van der Waals surface area contributed by atoms with E-state index in [0.717, 1.165) is 15.8 Å². The number of hydrogen-bond donors (Lipinski definition) is 1. The number of fused-ring (bicyclic) bond motifs is 1. The van der Waals surface area contributed by atoms with Gasteiger partial charge in [-0.25, -0.2) is 4.98 Å². The van der Waals surface area contributed by atoms with Crippen molar-refractivity contribution in [2.24, 2.45) is 5.73 Å². The highest BCUT2D eigenvalue weighted by Crippen LogP contribution is 2.16. The fraction of sp³-hybridized carbons (Fsp3) is 0.222. The lowest BCUT2D eigenvalue weighted by atomic mass is 10.1. The molecule has 0 saturated carbocycles. The average molecular weight is 240 g/mol. The molecule has 13 heavy (non-hydrogen) atoms. The topological polar surface area (TPSA) is 43.3 Å². The van der Waals surface area contributed by atoms with E-state index >= 15 is 0 Å². The van der Waals surface area contributed by atoms with Crippen LogP contribution in [0, 0.1) is 0 Å². The number of pyridine rings is 1. The van der Waals surface area contributed by atoms with Crippen molar-refractivity contribution in [1.82, 2.24) is 9.38 Å². The molecule has 0 amide bonds. The lowest BCUT2D eigenvalue weighted by molar-refractivity contribution is 0.816. The molecular formula is C9H10BrN3. The van der Waals surface area contributed by atoms with Crippen molar-refractivity contribution in [2.75, 3.05) is 0 Å². The van der Waals surface area contributed by atoms with Crippen LogP contribution in [0.2, 0.25) is 0 Å². The summed E-state index contributed by atoms with van der Waals surface area (Å²) in [5.41, 5.74) is 7.95. The van der Waals surface area contributed by atoms with Crippen molar-refractivity contribution >= 4 is 21.4 Å². The number of hydrogen-bond acceptors (Lipinski definition) is 2. The summed E-state index contributed by atoms with van der Waals surface area (Å²) in [5.74, 6) is 0. The lowest BCUT2D eigenvalue weighted by Gasteiger charge is -2.05. The van der Waals surface area contributed by atoms with Crippen molar-refractivity contribution in [3.8, 4) is 0 Å². The van der Waals surface area contributed by atoms with Crippen LogP contribution >= 0.6 is 15.9 Å². The van der Waals surface area contributed by atoms with Crippen molar-refractivity contribution in [2.45, 2.75) is 13.0 Å². The van der Waals surface area contributed by atoms with Crippen LogP contribution in [-0.2, 0) is 0 Å². The molecule has 2 aromatic heterocycles. The van der Waals surface area contributed by atoms with Crippen molar-refractivity contribution < 1.29 is 0 Å². The number of nitrogens with zero attached hydrogens (tertiary/aromatic N) is 2. The lowest BCUT2D eigenvalue weighted by Crippen LogP contribution is -2.05. The Kier molecular flexibility index (Phi) is 2.09. The summed E-state index contributed by atoms with van der Waals surface area (Å²) in [5, 5.41) is 0. The predicted octanol–water partition coefficient (Wildman–Crippen LogP) is 2.12. The van der Waals surface area contributed by atoms with Crippen molar-refractivity contribution in [3.63, 3.8) is 0 Å². The molecule has 0 aromatic carbocycles. The zero-order valence-electron chi connectivity index (χ0n) is 7.24. The molecule has 2 heterocycles. The second-order valence-electron chi connectivity index (χ2n) is 3.07. The van der Waals surface area contributed by atoms with Crippen molar-refractivity contribution in [3.05, 3.63) is 34.8 Å². The monoisotopic (exact) mass is 239 g/mol. The molecule has 0 radical (unpaired) electrons. The molecule has 1 atom stereocenters. The smallest absolute Gasteiger partial charge is 0.181 e. The first kappa shape index (κ1) is 8.72. The van der Waals surface area contributed by atoms with E-state index in [1.807, 2.05) is 35.9 Å². The van der Waals surface area contributed by atoms with E-state index in [0.29, 0.717) is 0 Å². The Morgan fingerprint density at radius 1 is 1.62 bits per heavy atom. The van der Waals surface area contributed by atoms with Crippen LogP contribution in [0.15, 0.2) is 29.3 Å². The molecule has 68 valence electrons. The number of rotatable bonds is 1. The normalized spacial score (nSPS) is 13.5. The molecule has 0 aliphatic rings. The van der Waals surface area contributed by atoms with E-state index < -0.39 is 0 Å². The van der Waals surface area contributed by atoms with Gasteiger partial charge < -0.3 is 5.73 Å². The maximum atomic E-state index is 5.77. The van der Waals surface area contributed by atoms with Gasteiger partial charge in [-0.2, -0.15) is 0 Å². The minimum Gasteiger partial charge on any atom is -0.324 e. The van der Waals surface area contributed by atoms with Crippen LogP contribution in [0.1, 0.15) is 18.5 Å². The second kappa shape index (κ2) is 3.12. The molecule has 1 unspecified atom stereocenters. The summed E-state index contributed by atoms with van der Waals surface area (Å²) in [7, 11) is 0. The Morgan fingerprint density at radius 3 is 3.08 bits per heavy atom. The van der Waals surface area contributed by atoms with Gasteiger partial charge in [0.2, 0.25) is 0 Å². The molecule has 2 aromatic rings. The second-order valence-corrected chi connectivity index (χ2v) is 3.78. The largest absolute Gasteiger partial charge is 0.324 e. The molecular weight excluding hydrogens is 230 g/mol. The average Bonchev–Trinajstić information content (AvgIpc) is 2.47. The van der Waals surface area contributed by atoms with Gasteiger partial charge in [-0.05, 0) is 40.5 Å². The Hall–Kier alpha value is -0.870. The van der Waals surface area contributed by atoms with Gasteiger partial charge in [0.05, 0.1) is 11.7 Å². The van der Waals surface area contributed by atoms with Gasteiger partial charge in [0.1, 0.15) is 0 Å². The van der Waals surface area contributed by atoms with Gasteiger partial charge in [-0.3, -0.25) is 4.40 Å². The molecule has 0 aliphatic heterocycles. The molecule has 0 bridgehead atoms. The Balaban J connectivity index is 2.63. The molecule has 2 rings (SSSR count). The summed E-state index contributed by atoms with van der Waals surface area (Å²) >= 11 is 3.35. The molecule has 3 nitrogen and oxygen atoms in total. The van der Waals surface area contributed by atoms with E-state index in [-0.39, 0.29) is 6.04 Å². The van der Waals surface area contributed by atoms with Crippen LogP contribution in [0.5, 0.6) is 0 Å². The number of aromatic nitrogens is 2. The summed E-state index contributed by atoms with van der Waals surface area (Å²) < 4.78 is 2.78. The summed E-state index contributed by atoms with van der Waals surface area (Å²) in [6.07, 6.45) is 3.78. The van der Waals surface area contributed by atoms with E-state index in [1.165, 1.54) is 0 Å². The van der Waals surface area contributed by atoms with Crippen LogP contribution < -0.4 is 5.73 Å². The fourth-order valence-corrected chi connectivity index (χ4v) is 1.69. The van der Waals surface area contributed by atoms with Gasteiger partial charge in [0.15, 0.2) is 4.73 Å². The SMILES string of the molecule is CC(N)c1ccn2c(Br)ncc2c1. The fourth-order valence-electron chi connectivity index (χ4n) is 1.27. The minimum absolute atomic E-state index is 0.0682. The van der Waals surface area contributed by atoms with Crippen LogP contribution in [0.25, 0.3) is 5.52 Å². The van der Waals surface area contributed by atoms with E-state index in [2.05, 4.69) is 20.9 Å². The van der Waals surface area contributed by atoms with E-state index in [4.69, 9.17) is 5.73 Å². The van der Waals surface area contributed by atoms with Gasteiger partial charge in [0.25, 0.3) is 0 Å². The quantitative estimate of drug-likeness (QED) is 0.829. The van der Waals surface area contributed by atoms with Gasteiger partial charge >= 0.3 is 0 Å². The number of nitrogens with two attached hydrogens (primary N) is 1. The third-order valence-electron chi connectivity index (χ3n) is 2.04. The maximum Gasteiger partial charge on any atom is 0.181 e. The Bertz CT molecular complexity index is 433. The third kappa shape index (κ3) is 1.47. The minimum atomic E-state index is 0.0682. The van der Waals surface area contributed by atoms with Crippen LogP contribution in [-0.4, -0.2) is 9.38 Å². The first-order valence-corrected chi connectivity index (χ1v) is 4.86. The standard InChI is InChI=1S/C9H10BrN3/c1-6(11)7-2-3-13-8(4-7)5-12-9(13)10/h2-6H,11H2,1H3. The predicted molar refractivity (Wildman–Crippen MR) is 55.5 cm³/mol. The van der Waals surface area contributed by atoms with E-state index in [9.17, 15) is 0 Å². The molecule has 0 saturated heterocycles. The first-order valence-electron chi connectivity index (χ1n) is 4.06. The number of halogens is 1. The Morgan fingerprint density at radius 2 is 2.38 bits per heavy atom. The maximum absolute atomic E-state index is 5.77. The van der Waals surface area contributed by atoms with Gasteiger partial charge in [-0.15, -0.1) is 0 Å². The highest BCUT2D eigenvalue weighted by molar-refractivity contribution is 9.10. The van der Waals surface area contributed by atoms with Crippen LogP contribution in [0.3, 0.4) is 0 Å². The van der Waals surface area contributed by atoms with Crippen molar-refractivity contribution in [1.29, 1.82) is 0 Å². The number of imidazole rings is 1. The first-order chi connectivity index (χ1) is 6.18. The van der Waals surface area contributed by atoms with E-state index in [1.54, 1.807) is 0 Å². The Labute approximate surface area is 84.7 Å². The molecule has 0 fully saturated rings. The molecule has 0 aliphatic carbocycles. The zero-order chi connectivity index (χ0) is 9.42. The summed E-state index contributed by atoms with van der Waals surface area (Å²) in [4.78, 5) is 4.14. The third-order valence-corrected chi connectivity index (χ3v) is 2.62. The van der Waals surface area contributed by atoms with Gasteiger partial charge in [0, 0.05) is 12.2 Å².